The number of aliphatic hydroxyl groups excluding tert-OH is 7. The Morgan fingerprint density at radius 1 is 0.444 bits per heavy atom. The molecule has 0 aromatic heterocycles. The molecule has 2 rings (SSSR count). The van der Waals surface area contributed by atoms with E-state index in [4.69, 9.17) is 28.4 Å². The van der Waals surface area contributed by atoms with Crippen LogP contribution < -0.4 is 0 Å². The summed E-state index contributed by atoms with van der Waals surface area (Å²) in [4.78, 5) is 25.8. The fraction of sp³-hybridized carbons (Fsp3) is 0.895. The zero-order chi connectivity index (χ0) is 52.4. The molecule has 2 saturated heterocycles. The predicted molar refractivity (Wildman–Crippen MR) is 280 cm³/mol. The van der Waals surface area contributed by atoms with Crippen molar-refractivity contribution in [1.82, 2.24) is 0 Å². The van der Waals surface area contributed by atoms with Crippen LogP contribution in [0, 0.1) is 0 Å². The lowest BCUT2D eigenvalue weighted by Gasteiger charge is -2.42. The molecule has 0 bridgehead atoms. The molecule has 4 unspecified atom stereocenters. The molecule has 2 fully saturated rings. The van der Waals surface area contributed by atoms with Crippen LogP contribution in [0.1, 0.15) is 232 Å². The Morgan fingerprint density at radius 2 is 0.833 bits per heavy atom. The van der Waals surface area contributed by atoms with Crippen LogP contribution in [0.5, 0.6) is 0 Å². The van der Waals surface area contributed by atoms with E-state index in [2.05, 4.69) is 38.2 Å². The Labute approximate surface area is 434 Å². The summed E-state index contributed by atoms with van der Waals surface area (Å²) in [5.41, 5.74) is 0. The number of esters is 2. The highest BCUT2D eigenvalue weighted by molar-refractivity contribution is 5.70. The van der Waals surface area contributed by atoms with E-state index in [-0.39, 0.29) is 19.4 Å². The summed E-state index contributed by atoms with van der Waals surface area (Å²) < 4.78 is 33.6. The van der Waals surface area contributed by atoms with Crippen molar-refractivity contribution in [2.45, 2.75) is 300 Å². The number of aliphatic hydroxyl groups is 7. The van der Waals surface area contributed by atoms with Crippen LogP contribution in [0.2, 0.25) is 0 Å². The van der Waals surface area contributed by atoms with E-state index in [1.807, 2.05) is 0 Å². The number of hydrogen-bond acceptors (Lipinski definition) is 15. The summed E-state index contributed by atoms with van der Waals surface area (Å²) >= 11 is 0. The lowest BCUT2D eigenvalue weighted by atomic mass is 9.98. The van der Waals surface area contributed by atoms with E-state index >= 15 is 0 Å². The summed E-state index contributed by atoms with van der Waals surface area (Å²) in [6.45, 7) is 2.59. The molecule has 15 nitrogen and oxygen atoms in total. The summed E-state index contributed by atoms with van der Waals surface area (Å²) in [5, 5.41) is 72.2. The first kappa shape index (κ1) is 66.1. The fourth-order valence-electron chi connectivity index (χ4n) is 9.19. The van der Waals surface area contributed by atoms with E-state index in [0.29, 0.717) is 12.8 Å². The van der Waals surface area contributed by atoms with Gasteiger partial charge in [0.25, 0.3) is 0 Å². The van der Waals surface area contributed by atoms with Gasteiger partial charge in [0.2, 0.25) is 0 Å². The molecule has 2 heterocycles. The lowest BCUT2D eigenvalue weighted by molar-refractivity contribution is -0.332. The second kappa shape index (κ2) is 44.1. The molecule has 0 radical (unpaired) electrons. The first-order valence-corrected chi connectivity index (χ1v) is 28.9. The van der Waals surface area contributed by atoms with Gasteiger partial charge < -0.3 is 64.2 Å². The molecule has 422 valence electrons. The van der Waals surface area contributed by atoms with Gasteiger partial charge in [-0.15, -0.1) is 0 Å². The maximum Gasteiger partial charge on any atom is 0.306 e. The first-order valence-electron chi connectivity index (χ1n) is 28.9. The monoisotopic (exact) mass is 1030 g/mol. The van der Waals surface area contributed by atoms with Crippen molar-refractivity contribution in [3.05, 3.63) is 24.3 Å². The Balaban J connectivity index is 1.75. The van der Waals surface area contributed by atoms with Crippen molar-refractivity contribution in [2.24, 2.45) is 0 Å². The molecule has 7 N–H and O–H groups in total. The number of unbranched alkanes of at least 4 members (excludes halogenated alkanes) is 28. The summed E-state index contributed by atoms with van der Waals surface area (Å²) in [5.74, 6) is -0.951. The topological polar surface area (TPSA) is 231 Å². The molecule has 72 heavy (non-hydrogen) atoms. The van der Waals surface area contributed by atoms with Gasteiger partial charge in [0, 0.05) is 12.8 Å². The van der Waals surface area contributed by atoms with E-state index in [1.165, 1.54) is 148 Å². The van der Waals surface area contributed by atoms with Gasteiger partial charge in [-0.1, -0.05) is 199 Å². The fourth-order valence-corrected chi connectivity index (χ4v) is 9.19. The van der Waals surface area contributed by atoms with Gasteiger partial charge in [-0.2, -0.15) is 0 Å². The van der Waals surface area contributed by atoms with Gasteiger partial charge >= 0.3 is 11.9 Å². The van der Waals surface area contributed by atoms with Gasteiger partial charge in [0.15, 0.2) is 18.7 Å². The predicted octanol–water partition coefficient (Wildman–Crippen LogP) is 9.50. The van der Waals surface area contributed by atoms with Crippen LogP contribution in [0.4, 0.5) is 0 Å². The van der Waals surface area contributed by atoms with Crippen LogP contribution in [0.3, 0.4) is 0 Å². The summed E-state index contributed by atoms with van der Waals surface area (Å²) in [6, 6.07) is 0. The van der Waals surface area contributed by atoms with Crippen molar-refractivity contribution in [3.63, 3.8) is 0 Å². The molecule has 0 spiro atoms. The van der Waals surface area contributed by atoms with Crippen molar-refractivity contribution < 1.29 is 73.8 Å². The quantitative estimate of drug-likeness (QED) is 0.0171. The smallest absolute Gasteiger partial charge is 0.306 e. The number of rotatable bonds is 46. The minimum Gasteiger partial charge on any atom is -0.462 e. The van der Waals surface area contributed by atoms with Gasteiger partial charge in [0.05, 0.1) is 19.8 Å². The molecule has 0 aliphatic carbocycles. The normalized spacial score (nSPS) is 25.1. The number of carbonyl (C=O) groups excluding carboxylic acids is 2. The van der Waals surface area contributed by atoms with Crippen LogP contribution in [-0.4, -0.2) is 142 Å². The highest BCUT2D eigenvalue weighted by Gasteiger charge is 2.47. The summed E-state index contributed by atoms with van der Waals surface area (Å²) in [6.07, 6.45) is 30.7. The molecule has 0 saturated carbocycles. The number of ether oxygens (including phenoxy) is 6. The number of allylic oxidation sites excluding steroid dienone is 4. The first-order chi connectivity index (χ1) is 35.0. The highest BCUT2D eigenvalue weighted by Crippen LogP contribution is 2.27. The van der Waals surface area contributed by atoms with Crippen LogP contribution >= 0.6 is 0 Å². The SMILES string of the molecule is CCCCCCCC/C=C/C/C=C/CCCCC(=O)O[C@@H](COC(=O)CCCCCCCCCCCCCCCCCCCCCCC)CO[C@@H]1O[C@H](CO[C@@H]2O[C@H](CO)[C@H](O)C(O)C2O)[C@H](O)C(O)C1O. The highest BCUT2D eigenvalue weighted by atomic mass is 16.7. The zero-order valence-electron chi connectivity index (χ0n) is 44.9. The van der Waals surface area contributed by atoms with Gasteiger partial charge in [-0.3, -0.25) is 9.59 Å². The molecule has 11 atom stereocenters. The lowest BCUT2D eigenvalue weighted by Crippen LogP contribution is -2.61. The van der Waals surface area contributed by atoms with E-state index in [1.54, 1.807) is 0 Å². The van der Waals surface area contributed by atoms with Gasteiger partial charge in [0.1, 0.15) is 55.4 Å². The van der Waals surface area contributed by atoms with Gasteiger partial charge in [-0.25, -0.2) is 0 Å². The Hall–Kier alpha value is -2.02. The molecule has 0 amide bonds. The minimum absolute atomic E-state index is 0.126. The Morgan fingerprint density at radius 3 is 1.32 bits per heavy atom. The van der Waals surface area contributed by atoms with Crippen LogP contribution in [0.25, 0.3) is 0 Å². The standard InChI is InChI=1S/C57H104O15/c1-3-5-7-9-11-13-15-17-19-20-21-22-23-24-26-27-29-31-33-35-37-39-48(59)67-42-45(70-49(60)40-38-36-34-32-30-28-25-18-16-14-12-10-8-6-4-2)43-68-56-55(66)53(64)51(62)47(72-56)44-69-57-54(65)52(63)50(61)46(41-58)71-57/h18,25,30,32,45-47,50-58,61-66H,3-17,19-24,26-29,31,33-44H2,1-2H3/b25-18+,32-30+/t45-,46+,47+,50-,51-,52?,53?,54?,55?,56+,57+/m0/s1. The maximum atomic E-state index is 13.0. The molecular formula is C57H104O15. The van der Waals surface area contributed by atoms with Crippen molar-refractivity contribution in [3.8, 4) is 0 Å². The van der Waals surface area contributed by atoms with E-state index in [0.717, 1.165) is 44.9 Å². The minimum atomic E-state index is -1.77. The van der Waals surface area contributed by atoms with Crippen LogP contribution in [-0.2, 0) is 38.0 Å². The van der Waals surface area contributed by atoms with Crippen molar-refractivity contribution in [1.29, 1.82) is 0 Å². The second-order valence-corrected chi connectivity index (χ2v) is 20.5. The Bertz CT molecular complexity index is 1350. The third kappa shape index (κ3) is 31.1. The largest absolute Gasteiger partial charge is 0.462 e. The third-order valence-electron chi connectivity index (χ3n) is 13.9. The number of carbonyl (C=O) groups is 2. The number of hydrogen-bond donors (Lipinski definition) is 7. The average molecular weight is 1030 g/mol. The zero-order valence-corrected chi connectivity index (χ0v) is 44.9. The molecule has 2 aliphatic rings. The van der Waals surface area contributed by atoms with E-state index < -0.39 is 99.3 Å². The van der Waals surface area contributed by atoms with Gasteiger partial charge in [-0.05, 0) is 44.9 Å². The average Bonchev–Trinajstić information content (AvgIpc) is 3.37. The van der Waals surface area contributed by atoms with E-state index in [9.17, 15) is 45.3 Å². The maximum absolute atomic E-state index is 13.0. The second-order valence-electron chi connectivity index (χ2n) is 20.5. The molecule has 0 aromatic rings. The van der Waals surface area contributed by atoms with Crippen molar-refractivity contribution in [2.75, 3.05) is 26.4 Å². The molecule has 15 heteroatoms. The van der Waals surface area contributed by atoms with Crippen LogP contribution in [0.15, 0.2) is 24.3 Å². The summed E-state index contributed by atoms with van der Waals surface area (Å²) in [7, 11) is 0. The molecule has 2 aliphatic heterocycles. The van der Waals surface area contributed by atoms with Crippen molar-refractivity contribution >= 4 is 11.9 Å². The third-order valence-corrected chi connectivity index (χ3v) is 13.9. The molecular weight excluding hydrogens is 925 g/mol. The Kier molecular flexibility index (Phi) is 40.5. The molecule has 0 aromatic carbocycles.